The van der Waals surface area contributed by atoms with E-state index in [1.54, 1.807) is 0 Å². The molecule has 0 amide bonds. The Balaban J connectivity index is 0. The van der Waals surface area contributed by atoms with Gasteiger partial charge in [0.25, 0.3) is 0 Å². The molecule has 0 nitrogen and oxygen atoms in total. The summed E-state index contributed by atoms with van der Waals surface area (Å²) in [5, 5.41) is 0. The molecule has 0 aromatic rings. The number of rotatable bonds is 13. The van der Waals surface area contributed by atoms with Crippen LogP contribution in [0.25, 0.3) is 0 Å². The van der Waals surface area contributed by atoms with Crippen molar-refractivity contribution in [2.24, 2.45) is 0 Å². The van der Waals surface area contributed by atoms with Crippen LogP contribution in [0.15, 0.2) is 25.3 Å². The fourth-order valence-corrected chi connectivity index (χ4v) is 1.96. The summed E-state index contributed by atoms with van der Waals surface area (Å²) in [7, 11) is 0. The molecule has 0 bridgehead atoms. The van der Waals surface area contributed by atoms with Gasteiger partial charge in [0, 0.05) is 0 Å². The average molecular weight is 267 g/mol. The van der Waals surface area contributed by atoms with Gasteiger partial charge >= 0.3 is 0 Å². The van der Waals surface area contributed by atoms with E-state index in [-0.39, 0.29) is 0 Å². The molecular weight excluding hydrogens is 228 g/mol. The molecule has 0 heteroatoms. The predicted octanol–water partition coefficient (Wildman–Crippen LogP) is 7.46. The summed E-state index contributed by atoms with van der Waals surface area (Å²) in [4.78, 5) is 0. The molecule has 19 heavy (non-hydrogen) atoms. The van der Waals surface area contributed by atoms with Crippen molar-refractivity contribution in [2.75, 3.05) is 0 Å². The third-order valence-corrected chi connectivity index (χ3v) is 3.27. The fraction of sp³-hybridized carbons (Fsp3) is 0.789. The van der Waals surface area contributed by atoms with Crippen LogP contribution in [0.2, 0.25) is 0 Å². The summed E-state index contributed by atoms with van der Waals surface area (Å²) in [5.41, 5.74) is 0. The van der Waals surface area contributed by atoms with Gasteiger partial charge in [-0.3, -0.25) is 0 Å². The summed E-state index contributed by atoms with van der Waals surface area (Å²) in [6, 6.07) is 0. The first-order chi connectivity index (χ1) is 9.33. The number of unbranched alkanes of at least 4 members (excludes halogenated alkanes) is 11. The molecule has 0 heterocycles. The Morgan fingerprint density at radius 1 is 0.526 bits per heavy atom. The smallest absolute Gasteiger partial charge is 0.0353 e. The summed E-state index contributed by atoms with van der Waals surface area (Å²) in [5.74, 6) is 0. The van der Waals surface area contributed by atoms with Crippen LogP contribution in [0.4, 0.5) is 0 Å². The van der Waals surface area contributed by atoms with Crippen molar-refractivity contribution >= 4 is 0 Å². The molecule has 0 saturated heterocycles. The van der Waals surface area contributed by atoms with E-state index >= 15 is 0 Å². The van der Waals surface area contributed by atoms with Crippen LogP contribution in [-0.4, -0.2) is 0 Å². The Morgan fingerprint density at radius 3 is 1.16 bits per heavy atom. The lowest BCUT2D eigenvalue weighted by molar-refractivity contribution is 0.611. The van der Waals surface area contributed by atoms with E-state index in [0.29, 0.717) is 0 Å². The molecule has 0 N–H and O–H groups in total. The van der Waals surface area contributed by atoms with E-state index in [9.17, 15) is 0 Å². The second-order valence-corrected chi connectivity index (χ2v) is 5.34. The fourth-order valence-electron chi connectivity index (χ4n) is 1.96. The summed E-state index contributed by atoms with van der Waals surface area (Å²) >= 11 is 0. The highest BCUT2D eigenvalue weighted by Crippen LogP contribution is 2.06. The molecule has 0 aromatic heterocycles. The average Bonchev–Trinajstić information content (AvgIpc) is 2.43. The Bertz CT molecular complexity index is 157. The van der Waals surface area contributed by atoms with Gasteiger partial charge in [-0.15, -0.1) is 13.2 Å². The highest BCUT2D eigenvalue weighted by atomic mass is 13.9. The number of hydrogen-bond acceptors (Lipinski definition) is 0. The largest absolute Gasteiger partial charge is 0.103 e. The topological polar surface area (TPSA) is 0 Å². The van der Waals surface area contributed by atoms with Gasteiger partial charge in [0.15, 0.2) is 0 Å². The molecular formula is C19H38. The highest BCUT2D eigenvalue weighted by Gasteiger charge is 1.86. The van der Waals surface area contributed by atoms with Gasteiger partial charge in [0.05, 0.1) is 0 Å². The Labute approximate surface area is 123 Å². The minimum absolute atomic E-state index is 1.20. The molecule has 0 radical (unpaired) electrons. The maximum absolute atomic E-state index is 3.69. The zero-order chi connectivity index (χ0) is 14.6. The first-order valence-electron chi connectivity index (χ1n) is 8.55. The molecule has 0 aliphatic rings. The minimum Gasteiger partial charge on any atom is -0.103 e. The van der Waals surface area contributed by atoms with E-state index in [1.807, 2.05) is 12.2 Å². The SMILES string of the molecule is C=CCCCCCCC.C=CCCCCCCCC. The van der Waals surface area contributed by atoms with Crippen molar-refractivity contribution in [3.05, 3.63) is 25.3 Å². The predicted molar refractivity (Wildman–Crippen MR) is 91.8 cm³/mol. The zero-order valence-electron chi connectivity index (χ0n) is 13.8. The van der Waals surface area contributed by atoms with Crippen LogP contribution < -0.4 is 0 Å². The minimum atomic E-state index is 1.20. The lowest BCUT2D eigenvalue weighted by Crippen LogP contribution is -1.76. The molecule has 0 atom stereocenters. The standard InChI is InChI=1S/C10H20.C9H18/c1-3-5-7-9-10-8-6-4-2;1-3-5-7-9-8-6-4-2/h3H,1,4-10H2,2H3;3H,1,4-9H2,2H3. The Morgan fingerprint density at radius 2 is 0.842 bits per heavy atom. The first-order valence-corrected chi connectivity index (χ1v) is 8.55. The van der Waals surface area contributed by atoms with E-state index in [4.69, 9.17) is 0 Å². The molecule has 0 unspecified atom stereocenters. The Kier molecular flexibility index (Phi) is 24.8. The van der Waals surface area contributed by atoms with Crippen molar-refractivity contribution in [1.29, 1.82) is 0 Å². The molecule has 0 saturated carbocycles. The van der Waals surface area contributed by atoms with Crippen molar-refractivity contribution < 1.29 is 0 Å². The van der Waals surface area contributed by atoms with Crippen molar-refractivity contribution in [2.45, 2.75) is 97.3 Å². The maximum Gasteiger partial charge on any atom is -0.0353 e. The van der Waals surface area contributed by atoms with Gasteiger partial charge in [-0.05, 0) is 25.7 Å². The van der Waals surface area contributed by atoms with Gasteiger partial charge in [0.2, 0.25) is 0 Å². The van der Waals surface area contributed by atoms with Crippen LogP contribution in [-0.2, 0) is 0 Å². The quantitative estimate of drug-likeness (QED) is 0.240. The maximum atomic E-state index is 3.69. The second kappa shape index (κ2) is 22.6. The van der Waals surface area contributed by atoms with Gasteiger partial charge < -0.3 is 0 Å². The van der Waals surface area contributed by atoms with Gasteiger partial charge in [-0.1, -0.05) is 83.8 Å². The van der Waals surface area contributed by atoms with E-state index in [1.165, 1.54) is 83.5 Å². The van der Waals surface area contributed by atoms with Crippen LogP contribution in [0, 0.1) is 0 Å². The van der Waals surface area contributed by atoms with E-state index in [2.05, 4.69) is 27.0 Å². The number of allylic oxidation sites excluding steroid dienone is 2. The van der Waals surface area contributed by atoms with Gasteiger partial charge in [-0.25, -0.2) is 0 Å². The summed E-state index contributed by atoms with van der Waals surface area (Å²) in [6.45, 7) is 11.9. The molecule has 0 aliphatic heterocycles. The third kappa shape index (κ3) is 26.9. The zero-order valence-corrected chi connectivity index (χ0v) is 13.8. The third-order valence-electron chi connectivity index (χ3n) is 3.27. The van der Waals surface area contributed by atoms with Gasteiger partial charge in [0.1, 0.15) is 0 Å². The van der Waals surface area contributed by atoms with E-state index < -0.39 is 0 Å². The number of hydrogen-bond donors (Lipinski definition) is 0. The van der Waals surface area contributed by atoms with Gasteiger partial charge in [-0.2, -0.15) is 0 Å². The lowest BCUT2D eigenvalue weighted by Gasteiger charge is -1.96. The first kappa shape index (κ1) is 20.8. The molecule has 0 spiro atoms. The van der Waals surface area contributed by atoms with E-state index in [0.717, 1.165) is 0 Å². The summed E-state index contributed by atoms with van der Waals surface area (Å²) < 4.78 is 0. The second-order valence-electron chi connectivity index (χ2n) is 5.34. The molecule has 0 fully saturated rings. The van der Waals surface area contributed by atoms with Crippen molar-refractivity contribution in [3.63, 3.8) is 0 Å². The molecule has 114 valence electrons. The highest BCUT2D eigenvalue weighted by molar-refractivity contribution is 4.65. The molecule has 0 aromatic carbocycles. The van der Waals surface area contributed by atoms with Crippen molar-refractivity contribution in [3.8, 4) is 0 Å². The van der Waals surface area contributed by atoms with Crippen molar-refractivity contribution in [1.82, 2.24) is 0 Å². The van der Waals surface area contributed by atoms with Crippen LogP contribution in [0.5, 0.6) is 0 Å². The van der Waals surface area contributed by atoms with Crippen LogP contribution in [0.3, 0.4) is 0 Å². The van der Waals surface area contributed by atoms with Crippen LogP contribution >= 0.6 is 0 Å². The monoisotopic (exact) mass is 266 g/mol. The van der Waals surface area contributed by atoms with Crippen LogP contribution in [0.1, 0.15) is 97.3 Å². The Hall–Kier alpha value is -0.520. The molecule has 0 aliphatic carbocycles. The lowest BCUT2D eigenvalue weighted by atomic mass is 10.1. The summed E-state index contributed by atoms with van der Waals surface area (Å²) in [6.07, 6.45) is 21.6. The normalized spacial score (nSPS) is 9.58. The molecule has 0 rings (SSSR count).